The second kappa shape index (κ2) is 13.1. The maximum absolute atomic E-state index is 13.5. The smallest absolute Gasteiger partial charge is 0.409 e. The van der Waals surface area contributed by atoms with Crippen molar-refractivity contribution in [3.05, 3.63) is 95.3 Å². The Morgan fingerprint density at radius 3 is 2.39 bits per heavy atom. The highest BCUT2D eigenvalue weighted by molar-refractivity contribution is 6.02. The van der Waals surface area contributed by atoms with Gasteiger partial charge in [-0.1, -0.05) is 42.5 Å². The van der Waals surface area contributed by atoms with Crippen molar-refractivity contribution in [2.45, 2.75) is 25.2 Å². The summed E-state index contributed by atoms with van der Waals surface area (Å²) in [6.45, 7) is 3.94. The summed E-state index contributed by atoms with van der Waals surface area (Å²) >= 11 is 0. The van der Waals surface area contributed by atoms with E-state index < -0.39 is 17.8 Å². The minimum Gasteiger partial charge on any atom is -0.489 e. The van der Waals surface area contributed by atoms with Crippen LogP contribution in [0.4, 0.5) is 14.9 Å². The topological polar surface area (TPSA) is 109 Å². The largest absolute Gasteiger partial charge is 0.489 e. The third-order valence-corrected chi connectivity index (χ3v) is 7.53. The number of nitrogens with zero attached hydrogens (tertiary/aromatic N) is 1. The summed E-state index contributed by atoms with van der Waals surface area (Å²) in [4.78, 5) is 26.6. The highest BCUT2D eigenvalue weighted by atomic mass is 19.1. The Morgan fingerprint density at radius 1 is 1.00 bits per heavy atom. The van der Waals surface area contributed by atoms with Crippen molar-refractivity contribution in [1.29, 1.82) is 0 Å². The molecular formula is C31H34FN3O6. The number of carboxylic acid groups (broad SMARTS) is 1. The van der Waals surface area contributed by atoms with Gasteiger partial charge in [-0.25, -0.2) is 9.18 Å². The van der Waals surface area contributed by atoms with Gasteiger partial charge in [0.25, 0.3) is 5.91 Å². The number of ether oxygens (including phenoxy) is 3. The van der Waals surface area contributed by atoms with Gasteiger partial charge in [-0.2, -0.15) is 0 Å². The molecule has 2 aliphatic rings. The lowest BCUT2D eigenvalue weighted by atomic mass is 9.84. The number of hydrogen-bond acceptors (Lipinski definition) is 6. The molecule has 3 N–H and O–H groups in total. The van der Waals surface area contributed by atoms with Crippen molar-refractivity contribution in [3.63, 3.8) is 0 Å². The molecule has 41 heavy (non-hydrogen) atoms. The van der Waals surface area contributed by atoms with Crippen molar-refractivity contribution < 1.29 is 33.3 Å². The van der Waals surface area contributed by atoms with Crippen LogP contribution in [-0.4, -0.2) is 61.4 Å². The quantitative estimate of drug-likeness (QED) is 0.324. The molecule has 2 fully saturated rings. The van der Waals surface area contributed by atoms with Crippen LogP contribution in [0.15, 0.2) is 72.8 Å². The summed E-state index contributed by atoms with van der Waals surface area (Å²) in [7, 11) is 0. The number of likely N-dealkylation sites (tertiary alicyclic amines) is 1. The predicted molar refractivity (Wildman–Crippen MR) is 150 cm³/mol. The zero-order chi connectivity index (χ0) is 28.7. The molecule has 3 aromatic rings. The summed E-state index contributed by atoms with van der Waals surface area (Å²) in [5.74, 6) is -0.948. The molecule has 10 heteroatoms. The Hall–Kier alpha value is -3.99. The molecule has 0 aliphatic carbocycles. The molecule has 5 rings (SSSR count). The molecule has 0 unspecified atom stereocenters. The summed E-state index contributed by atoms with van der Waals surface area (Å²) in [5.41, 5.74) is 2.19. The van der Waals surface area contributed by atoms with Gasteiger partial charge in [-0.3, -0.25) is 10.1 Å². The summed E-state index contributed by atoms with van der Waals surface area (Å²) in [6, 6.07) is 20.7. The summed E-state index contributed by atoms with van der Waals surface area (Å²) in [5, 5.41) is 14.4. The number of nitrogens with one attached hydrogen (secondary N) is 2. The molecule has 2 heterocycles. The Bertz CT molecular complexity index is 1320. The molecule has 0 radical (unpaired) electrons. The Labute approximate surface area is 238 Å². The molecule has 0 aromatic heterocycles. The van der Waals surface area contributed by atoms with E-state index >= 15 is 0 Å². The van der Waals surface area contributed by atoms with Crippen molar-refractivity contribution in [3.8, 4) is 5.75 Å². The van der Waals surface area contributed by atoms with Gasteiger partial charge < -0.3 is 29.5 Å². The fourth-order valence-electron chi connectivity index (χ4n) is 5.47. The molecule has 3 aromatic carbocycles. The van der Waals surface area contributed by atoms with Gasteiger partial charge in [0, 0.05) is 24.6 Å². The Kier molecular flexibility index (Phi) is 9.13. The van der Waals surface area contributed by atoms with Gasteiger partial charge in [0.15, 0.2) is 5.79 Å². The average molecular weight is 564 g/mol. The first-order valence-electron chi connectivity index (χ1n) is 13.8. The number of carbonyl (C=O) groups excluding carboxylic acids is 1. The molecule has 0 atom stereocenters. The van der Waals surface area contributed by atoms with Crippen LogP contribution in [0.25, 0.3) is 0 Å². The second-order valence-electron chi connectivity index (χ2n) is 10.2. The lowest BCUT2D eigenvalue weighted by Crippen LogP contribution is -2.46. The first-order valence-corrected chi connectivity index (χ1v) is 13.8. The number of benzene rings is 3. The van der Waals surface area contributed by atoms with Gasteiger partial charge in [-0.05, 0) is 61.8 Å². The predicted octanol–water partition coefficient (Wildman–Crippen LogP) is 4.84. The van der Waals surface area contributed by atoms with Crippen molar-refractivity contribution in [1.82, 2.24) is 10.2 Å². The number of rotatable bonds is 10. The molecule has 2 aliphatic heterocycles. The number of amides is 2. The van der Waals surface area contributed by atoms with Gasteiger partial charge >= 0.3 is 6.09 Å². The number of hydrogen-bond donors (Lipinski definition) is 3. The molecular weight excluding hydrogens is 529 g/mol. The molecule has 0 bridgehead atoms. The third kappa shape index (κ3) is 7.02. The van der Waals surface area contributed by atoms with Crippen LogP contribution in [0.3, 0.4) is 0 Å². The number of carbonyl (C=O) groups is 2. The van der Waals surface area contributed by atoms with E-state index in [0.717, 1.165) is 37.1 Å². The first kappa shape index (κ1) is 28.5. The van der Waals surface area contributed by atoms with E-state index in [0.29, 0.717) is 38.7 Å². The fourth-order valence-corrected chi connectivity index (χ4v) is 5.47. The molecule has 2 saturated heterocycles. The summed E-state index contributed by atoms with van der Waals surface area (Å²) < 4.78 is 31.6. The zero-order valence-corrected chi connectivity index (χ0v) is 22.7. The number of anilines is 1. The van der Waals surface area contributed by atoms with Crippen molar-refractivity contribution in [2.75, 3.05) is 44.7 Å². The molecule has 9 nitrogen and oxygen atoms in total. The first-order chi connectivity index (χ1) is 19.9. The molecule has 2 amide bonds. The van der Waals surface area contributed by atoms with Crippen LogP contribution in [0.5, 0.6) is 5.75 Å². The minimum atomic E-state index is -1.26. The van der Waals surface area contributed by atoms with Crippen LogP contribution in [0.1, 0.15) is 34.3 Å². The fraction of sp³-hybridized carbons (Fsp3) is 0.355. The van der Waals surface area contributed by atoms with Gasteiger partial charge in [0.1, 0.15) is 18.2 Å². The van der Waals surface area contributed by atoms with Gasteiger partial charge in [-0.15, -0.1) is 0 Å². The normalized spacial score (nSPS) is 17.2. The average Bonchev–Trinajstić information content (AvgIpc) is 3.49. The van der Waals surface area contributed by atoms with Gasteiger partial charge in [0.2, 0.25) is 0 Å². The van der Waals surface area contributed by atoms with E-state index in [1.54, 1.807) is 24.3 Å². The maximum atomic E-state index is 13.5. The Balaban J connectivity index is 1.15. The summed E-state index contributed by atoms with van der Waals surface area (Å²) in [6.07, 6.45) is 0.408. The lowest BCUT2D eigenvalue weighted by molar-refractivity contribution is -0.214. The van der Waals surface area contributed by atoms with Crippen molar-refractivity contribution in [2.24, 2.45) is 5.92 Å². The van der Waals surface area contributed by atoms with E-state index in [4.69, 9.17) is 14.2 Å². The molecule has 216 valence electrons. The molecule has 0 spiro atoms. The van der Waals surface area contributed by atoms with E-state index in [-0.39, 0.29) is 23.0 Å². The second-order valence-corrected chi connectivity index (χ2v) is 10.2. The van der Waals surface area contributed by atoms with Crippen LogP contribution < -0.4 is 15.4 Å². The third-order valence-electron chi connectivity index (χ3n) is 7.53. The number of piperidine rings is 1. The SMILES string of the molecule is O=C(O)Nc1ccc(OCc2ccccc2)cc1C(=O)NCCN1CCC(C2(c3ccc(F)cc3)OCCO2)CC1. The monoisotopic (exact) mass is 563 g/mol. The van der Waals surface area contributed by atoms with Crippen molar-refractivity contribution >= 4 is 17.7 Å². The van der Waals surface area contributed by atoms with Crippen LogP contribution in [0.2, 0.25) is 0 Å². The maximum Gasteiger partial charge on any atom is 0.409 e. The van der Waals surface area contributed by atoms with Crippen LogP contribution >= 0.6 is 0 Å². The van der Waals surface area contributed by atoms with E-state index in [1.807, 2.05) is 30.3 Å². The Morgan fingerprint density at radius 2 is 1.71 bits per heavy atom. The minimum absolute atomic E-state index is 0.129. The zero-order valence-electron chi connectivity index (χ0n) is 22.7. The lowest BCUT2D eigenvalue weighted by Gasteiger charge is -2.41. The highest BCUT2D eigenvalue weighted by Crippen LogP contribution is 2.43. The van der Waals surface area contributed by atoms with Gasteiger partial charge in [0.05, 0.1) is 24.5 Å². The number of halogens is 1. The van der Waals surface area contributed by atoms with E-state index in [1.165, 1.54) is 18.2 Å². The van der Waals surface area contributed by atoms with E-state index in [2.05, 4.69) is 15.5 Å². The van der Waals surface area contributed by atoms with Crippen LogP contribution in [0, 0.1) is 11.7 Å². The molecule has 0 saturated carbocycles. The highest BCUT2D eigenvalue weighted by Gasteiger charge is 2.46. The van der Waals surface area contributed by atoms with Crippen LogP contribution in [-0.2, 0) is 21.9 Å². The standard InChI is InChI=1S/C31H34FN3O6/c32-25-8-6-23(7-9-25)31(40-18-19-41-31)24-12-15-35(16-13-24)17-14-33-29(36)27-20-26(10-11-28(27)34-30(37)38)39-21-22-4-2-1-3-5-22/h1-11,20,24,34H,12-19,21H2,(H,33,36)(H,37,38). The van der Waals surface area contributed by atoms with E-state index in [9.17, 15) is 19.1 Å².